The molecule has 0 radical (unpaired) electrons. The fourth-order valence-electron chi connectivity index (χ4n) is 2.56. The van der Waals surface area contributed by atoms with E-state index in [1.54, 1.807) is 24.4 Å². The fraction of sp³-hybridized carbons (Fsp3) is 0. The zero-order chi connectivity index (χ0) is 19.2. The molecule has 0 spiro atoms. The van der Waals surface area contributed by atoms with Crippen molar-refractivity contribution in [3.63, 3.8) is 0 Å². The summed E-state index contributed by atoms with van der Waals surface area (Å²) in [5.41, 5.74) is 3.16. The van der Waals surface area contributed by atoms with Crippen LogP contribution in [0.1, 0.15) is 21.7 Å². The largest absolute Gasteiger partial charge is 0.355 e. The molecule has 0 aliphatic carbocycles. The van der Waals surface area contributed by atoms with Gasteiger partial charge in [0.05, 0.1) is 0 Å². The highest BCUT2D eigenvalue weighted by Crippen LogP contribution is 2.20. The minimum atomic E-state index is -0.347. The third kappa shape index (κ3) is 4.14. The van der Waals surface area contributed by atoms with Crippen LogP contribution in [0.25, 0.3) is 11.3 Å². The monoisotopic (exact) mass is 365 g/mol. The number of hydrogen-bond acceptors (Lipinski definition) is 4. The molecule has 0 saturated carbocycles. The van der Waals surface area contributed by atoms with E-state index in [-0.39, 0.29) is 11.6 Å². The van der Waals surface area contributed by atoms with Crippen molar-refractivity contribution in [2.24, 2.45) is 0 Å². The minimum Gasteiger partial charge on any atom is -0.355 e. The van der Waals surface area contributed by atoms with Crippen molar-refractivity contribution in [2.75, 3.05) is 5.32 Å². The Bertz CT molecular complexity index is 1160. The second-order valence-corrected chi connectivity index (χ2v) is 5.94. The van der Waals surface area contributed by atoms with E-state index in [1.807, 2.05) is 60.7 Å². The van der Waals surface area contributed by atoms with E-state index in [4.69, 9.17) is 4.52 Å². The summed E-state index contributed by atoms with van der Waals surface area (Å²) in [7, 11) is 0. The van der Waals surface area contributed by atoms with Crippen LogP contribution in [0, 0.1) is 11.8 Å². The van der Waals surface area contributed by atoms with Gasteiger partial charge in [0, 0.05) is 29.1 Å². The van der Waals surface area contributed by atoms with Crippen molar-refractivity contribution >= 4 is 11.6 Å². The first-order valence-electron chi connectivity index (χ1n) is 8.64. The summed E-state index contributed by atoms with van der Waals surface area (Å²) in [5, 5.41) is 6.68. The Morgan fingerprint density at radius 3 is 2.57 bits per heavy atom. The number of anilines is 1. The standard InChI is InChI=1S/C23H15N3O2/c27-23(21-16-22(28-26-21)18-8-2-1-3-9-18)25-20-11-6-7-17(15-20)12-13-19-10-4-5-14-24-19/h1-11,14-16H,(H,25,27). The SMILES string of the molecule is O=C(Nc1cccc(C#Cc2ccccn2)c1)c1cc(-c2ccccc2)on1. The summed E-state index contributed by atoms with van der Waals surface area (Å²) in [5.74, 6) is 6.23. The lowest BCUT2D eigenvalue weighted by Crippen LogP contribution is -2.12. The van der Waals surface area contributed by atoms with Crippen LogP contribution >= 0.6 is 0 Å². The summed E-state index contributed by atoms with van der Waals surface area (Å²) >= 11 is 0. The van der Waals surface area contributed by atoms with Crippen LogP contribution in [-0.4, -0.2) is 16.0 Å². The topological polar surface area (TPSA) is 68.0 Å². The number of carbonyl (C=O) groups is 1. The number of pyridine rings is 1. The molecule has 2 aromatic heterocycles. The first-order chi connectivity index (χ1) is 13.8. The fourth-order valence-corrected chi connectivity index (χ4v) is 2.56. The van der Waals surface area contributed by atoms with E-state index >= 15 is 0 Å². The zero-order valence-corrected chi connectivity index (χ0v) is 14.8. The second-order valence-electron chi connectivity index (χ2n) is 5.94. The molecule has 0 unspecified atom stereocenters. The van der Waals surface area contributed by atoms with Gasteiger partial charge < -0.3 is 9.84 Å². The molecule has 0 saturated heterocycles. The third-order valence-electron chi connectivity index (χ3n) is 3.92. The number of hydrogen-bond donors (Lipinski definition) is 1. The molecule has 134 valence electrons. The van der Waals surface area contributed by atoms with Gasteiger partial charge in [-0.1, -0.05) is 53.5 Å². The van der Waals surface area contributed by atoms with Gasteiger partial charge in [-0.3, -0.25) is 4.79 Å². The molecule has 1 N–H and O–H groups in total. The molecule has 5 heteroatoms. The molecule has 2 aromatic carbocycles. The van der Waals surface area contributed by atoms with E-state index in [0.29, 0.717) is 17.1 Å². The number of nitrogens with one attached hydrogen (secondary N) is 1. The van der Waals surface area contributed by atoms with Gasteiger partial charge in [-0.25, -0.2) is 4.98 Å². The van der Waals surface area contributed by atoms with Gasteiger partial charge in [-0.15, -0.1) is 0 Å². The molecular formula is C23H15N3O2. The van der Waals surface area contributed by atoms with E-state index in [9.17, 15) is 4.79 Å². The van der Waals surface area contributed by atoms with Crippen molar-refractivity contribution in [3.8, 4) is 23.2 Å². The normalized spacial score (nSPS) is 10.0. The molecule has 2 heterocycles. The third-order valence-corrected chi connectivity index (χ3v) is 3.92. The maximum Gasteiger partial charge on any atom is 0.277 e. The molecule has 0 fully saturated rings. The smallest absolute Gasteiger partial charge is 0.277 e. The van der Waals surface area contributed by atoms with Gasteiger partial charge in [-0.2, -0.15) is 0 Å². The minimum absolute atomic E-state index is 0.212. The highest BCUT2D eigenvalue weighted by molar-refractivity contribution is 6.03. The predicted molar refractivity (Wildman–Crippen MR) is 107 cm³/mol. The summed E-state index contributed by atoms with van der Waals surface area (Å²) in [6.45, 7) is 0. The van der Waals surface area contributed by atoms with Crippen molar-refractivity contribution in [1.29, 1.82) is 0 Å². The number of amides is 1. The van der Waals surface area contributed by atoms with Gasteiger partial charge in [0.25, 0.3) is 5.91 Å². The Hall–Kier alpha value is -4.17. The Labute approximate surface area is 162 Å². The Morgan fingerprint density at radius 2 is 1.75 bits per heavy atom. The Kier molecular flexibility index (Phi) is 4.94. The maximum atomic E-state index is 12.5. The molecule has 0 aliphatic rings. The Morgan fingerprint density at radius 1 is 0.893 bits per heavy atom. The Balaban J connectivity index is 1.48. The average molecular weight is 365 g/mol. The first-order valence-corrected chi connectivity index (χ1v) is 8.64. The second kappa shape index (κ2) is 8.02. The van der Waals surface area contributed by atoms with Crippen LogP contribution in [0.3, 0.4) is 0 Å². The van der Waals surface area contributed by atoms with Gasteiger partial charge in [0.1, 0.15) is 5.69 Å². The molecule has 5 nitrogen and oxygen atoms in total. The molecule has 0 bridgehead atoms. The summed E-state index contributed by atoms with van der Waals surface area (Å²) in [6.07, 6.45) is 1.70. The molecule has 0 aliphatic heterocycles. The highest BCUT2D eigenvalue weighted by Gasteiger charge is 2.13. The van der Waals surface area contributed by atoms with Crippen LogP contribution in [0.2, 0.25) is 0 Å². The van der Waals surface area contributed by atoms with Crippen molar-refractivity contribution in [1.82, 2.24) is 10.1 Å². The van der Waals surface area contributed by atoms with Crippen LogP contribution in [0.4, 0.5) is 5.69 Å². The van der Waals surface area contributed by atoms with E-state index in [0.717, 1.165) is 11.1 Å². The number of rotatable bonds is 3. The van der Waals surface area contributed by atoms with Crippen LogP contribution in [-0.2, 0) is 0 Å². The lowest BCUT2D eigenvalue weighted by Gasteiger charge is -2.02. The lowest BCUT2D eigenvalue weighted by atomic mass is 10.1. The summed E-state index contributed by atoms with van der Waals surface area (Å²) in [4.78, 5) is 16.6. The van der Waals surface area contributed by atoms with Gasteiger partial charge in [0.2, 0.25) is 0 Å². The molecule has 1 amide bonds. The quantitative estimate of drug-likeness (QED) is 0.547. The van der Waals surface area contributed by atoms with Gasteiger partial charge in [0.15, 0.2) is 11.5 Å². The zero-order valence-electron chi connectivity index (χ0n) is 14.8. The van der Waals surface area contributed by atoms with Gasteiger partial charge >= 0.3 is 0 Å². The van der Waals surface area contributed by atoms with E-state index in [2.05, 4.69) is 27.3 Å². The lowest BCUT2D eigenvalue weighted by molar-refractivity contribution is 0.101. The van der Waals surface area contributed by atoms with Gasteiger partial charge in [-0.05, 0) is 36.3 Å². The molecule has 4 rings (SSSR count). The van der Waals surface area contributed by atoms with E-state index in [1.165, 1.54) is 0 Å². The molecule has 28 heavy (non-hydrogen) atoms. The number of carbonyl (C=O) groups excluding carboxylic acids is 1. The molecule has 4 aromatic rings. The van der Waals surface area contributed by atoms with Crippen molar-refractivity contribution < 1.29 is 9.32 Å². The number of aromatic nitrogens is 2. The van der Waals surface area contributed by atoms with E-state index < -0.39 is 0 Å². The summed E-state index contributed by atoms with van der Waals surface area (Å²) < 4.78 is 5.28. The summed E-state index contributed by atoms with van der Waals surface area (Å²) in [6, 6.07) is 24.0. The molecule has 0 atom stereocenters. The van der Waals surface area contributed by atoms with Crippen LogP contribution in [0.15, 0.2) is 89.6 Å². The predicted octanol–water partition coefficient (Wildman–Crippen LogP) is 4.39. The number of nitrogens with zero attached hydrogens (tertiary/aromatic N) is 2. The van der Waals surface area contributed by atoms with Crippen LogP contribution in [0.5, 0.6) is 0 Å². The van der Waals surface area contributed by atoms with Crippen LogP contribution < -0.4 is 5.32 Å². The van der Waals surface area contributed by atoms with Crippen molar-refractivity contribution in [3.05, 3.63) is 102 Å². The maximum absolute atomic E-state index is 12.5. The highest BCUT2D eigenvalue weighted by atomic mass is 16.5. The average Bonchev–Trinajstić information content (AvgIpc) is 3.25. The van der Waals surface area contributed by atoms with Crippen molar-refractivity contribution in [2.45, 2.75) is 0 Å². The first kappa shape index (κ1) is 17.3. The molecular weight excluding hydrogens is 350 g/mol. The number of benzene rings is 2.